The van der Waals surface area contributed by atoms with E-state index >= 15 is 0 Å². The van der Waals surface area contributed by atoms with Crippen molar-refractivity contribution in [2.24, 2.45) is 0 Å². The minimum absolute atomic E-state index is 0.230. The fourth-order valence-electron chi connectivity index (χ4n) is 4.53. The van der Waals surface area contributed by atoms with Crippen LogP contribution >= 0.6 is 11.6 Å². The normalized spacial score (nSPS) is 14.7. The Labute approximate surface area is 233 Å². The quantitative estimate of drug-likeness (QED) is 0.329. The Kier molecular flexibility index (Phi) is 8.11. The van der Waals surface area contributed by atoms with Crippen LogP contribution in [0.1, 0.15) is 11.1 Å². The lowest BCUT2D eigenvalue weighted by atomic mass is 10.0. The van der Waals surface area contributed by atoms with E-state index in [9.17, 15) is 8.42 Å². The first-order chi connectivity index (χ1) is 18.7. The van der Waals surface area contributed by atoms with Gasteiger partial charge in [0.2, 0.25) is 16.0 Å². The molecule has 9 nitrogen and oxygen atoms in total. The van der Waals surface area contributed by atoms with Crippen molar-refractivity contribution in [3.05, 3.63) is 70.7 Å². The predicted octanol–water partition coefficient (Wildman–Crippen LogP) is 4.66. The maximum atomic E-state index is 13.0. The zero-order valence-electron chi connectivity index (χ0n) is 22.2. The Bertz CT molecular complexity index is 1590. The van der Waals surface area contributed by atoms with E-state index in [4.69, 9.17) is 16.3 Å². The second-order valence-corrected chi connectivity index (χ2v) is 12.2. The number of sulfonamides is 1. The predicted molar refractivity (Wildman–Crippen MR) is 154 cm³/mol. The number of nitrogens with one attached hydrogen (secondary N) is 1. The van der Waals surface area contributed by atoms with E-state index < -0.39 is 10.0 Å². The molecule has 0 aliphatic carbocycles. The Morgan fingerprint density at radius 3 is 2.51 bits per heavy atom. The SMILES string of the molecule is Cc1ccc(Cl)c(-c2cc(C)c3nc(Nc4ccc(S(=O)(=O)N(C)CCN5CCOCC5)cc4)nnc3c2)c1. The highest BCUT2D eigenvalue weighted by atomic mass is 35.5. The molecule has 1 saturated heterocycles. The third kappa shape index (κ3) is 6.21. The van der Waals surface area contributed by atoms with E-state index in [2.05, 4.69) is 25.4 Å². The number of rotatable bonds is 8. The molecule has 204 valence electrons. The average Bonchev–Trinajstić information content (AvgIpc) is 2.94. The molecular weight excluding hydrogens is 536 g/mol. The van der Waals surface area contributed by atoms with Crippen LogP contribution in [-0.2, 0) is 14.8 Å². The van der Waals surface area contributed by atoms with Gasteiger partial charge in [-0.2, -0.15) is 4.31 Å². The van der Waals surface area contributed by atoms with Gasteiger partial charge in [0.05, 0.1) is 23.6 Å². The van der Waals surface area contributed by atoms with Gasteiger partial charge in [0, 0.05) is 49.5 Å². The summed E-state index contributed by atoms with van der Waals surface area (Å²) in [5.41, 5.74) is 6.00. The lowest BCUT2D eigenvalue weighted by molar-refractivity contribution is 0.0368. The van der Waals surface area contributed by atoms with Crippen LogP contribution < -0.4 is 5.32 Å². The number of morpholine rings is 1. The van der Waals surface area contributed by atoms with E-state index in [1.165, 1.54) is 4.31 Å². The first-order valence-corrected chi connectivity index (χ1v) is 14.6. The number of anilines is 2. The standard InChI is InChI=1S/C28H31ClN6O3S/c1-19-4-9-25(29)24(16-19)21-17-20(2)27-26(18-21)32-33-28(31-27)30-22-5-7-23(8-6-22)39(36,37)34(3)10-11-35-12-14-38-15-13-35/h4-9,16-18H,10-15H2,1-3H3,(H,30,31,33). The van der Waals surface area contributed by atoms with Crippen LogP contribution in [0.25, 0.3) is 22.2 Å². The van der Waals surface area contributed by atoms with Crippen LogP contribution in [0.15, 0.2) is 59.5 Å². The van der Waals surface area contributed by atoms with Gasteiger partial charge in [-0.05, 0) is 73.5 Å². The van der Waals surface area contributed by atoms with Gasteiger partial charge in [-0.15, -0.1) is 10.2 Å². The number of aryl methyl sites for hydroxylation is 2. The third-order valence-corrected chi connectivity index (χ3v) is 9.04. The summed E-state index contributed by atoms with van der Waals surface area (Å²) in [6.07, 6.45) is 0. The van der Waals surface area contributed by atoms with Crippen LogP contribution in [0.5, 0.6) is 0 Å². The molecule has 11 heteroatoms. The molecule has 0 bridgehead atoms. The van der Waals surface area contributed by atoms with Crippen LogP contribution in [0, 0.1) is 13.8 Å². The molecule has 0 atom stereocenters. The van der Waals surface area contributed by atoms with Crippen LogP contribution in [0.3, 0.4) is 0 Å². The molecule has 0 unspecified atom stereocenters. The van der Waals surface area contributed by atoms with Gasteiger partial charge in [0.15, 0.2) is 0 Å². The number of nitrogens with zero attached hydrogens (tertiary/aromatic N) is 5. The monoisotopic (exact) mass is 566 g/mol. The molecule has 4 aromatic rings. The van der Waals surface area contributed by atoms with E-state index in [0.29, 0.717) is 48.5 Å². The maximum Gasteiger partial charge on any atom is 0.247 e. The fourth-order valence-corrected chi connectivity index (χ4v) is 5.92. The Balaban J connectivity index is 1.29. The summed E-state index contributed by atoms with van der Waals surface area (Å²) in [7, 11) is -1.99. The number of fused-ring (bicyclic) bond motifs is 1. The Hall–Kier alpha value is -3.15. The average molecular weight is 567 g/mol. The summed E-state index contributed by atoms with van der Waals surface area (Å²) in [4.78, 5) is 7.09. The van der Waals surface area contributed by atoms with Gasteiger partial charge in [-0.25, -0.2) is 13.4 Å². The maximum absolute atomic E-state index is 13.0. The number of likely N-dealkylation sites (N-methyl/N-ethyl adjacent to an activating group) is 1. The number of benzene rings is 3. The molecule has 0 radical (unpaired) electrons. The van der Waals surface area contributed by atoms with Gasteiger partial charge in [0.1, 0.15) is 5.52 Å². The van der Waals surface area contributed by atoms with Gasteiger partial charge >= 0.3 is 0 Å². The highest BCUT2D eigenvalue weighted by molar-refractivity contribution is 7.89. The zero-order valence-corrected chi connectivity index (χ0v) is 23.8. The fraction of sp³-hybridized carbons (Fsp3) is 0.321. The molecule has 0 saturated carbocycles. The summed E-state index contributed by atoms with van der Waals surface area (Å²) in [6.45, 7) is 8.10. The van der Waals surface area contributed by atoms with Crippen LogP contribution in [-0.4, -0.2) is 79.2 Å². The summed E-state index contributed by atoms with van der Waals surface area (Å²) in [5.74, 6) is 0.324. The smallest absolute Gasteiger partial charge is 0.247 e. The molecule has 5 rings (SSSR count). The molecule has 2 heterocycles. The molecule has 3 aromatic carbocycles. The van der Waals surface area contributed by atoms with Gasteiger partial charge in [0.25, 0.3) is 0 Å². The second kappa shape index (κ2) is 11.5. The van der Waals surface area contributed by atoms with E-state index in [1.807, 2.05) is 44.2 Å². The van der Waals surface area contributed by atoms with Crippen molar-refractivity contribution in [2.45, 2.75) is 18.7 Å². The first kappa shape index (κ1) is 27.4. The van der Waals surface area contributed by atoms with Gasteiger partial charge in [-0.1, -0.05) is 23.2 Å². The van der Waals surface area contributed by atoms with E-state index in [0.717, 1.165) is 40.9 Å². The highest BCUT2D eigenvalue weighted by Crippen LogP contribution is 2.32. The first-order valence-electron chi connectivity index (χ1n) is 12.8. The Morgan fingerprint density at radius 1 is 1.03 bits per heavy atom. The van der Waals surface area contributed by atoms with Crippen molar-refractivity contribution in [3.63, 3.8) is 0 Å². The van der Waals surface area contributed by atoms with Crippen LogP contribution in [0.4, 0.5) is 11.6 Å². The Morgan fingerprint density at radius 2 is 1.77 bits per heavy atom. The van der Waals surface area contributed by atoms with Crippen molar-refractivity contribution in [2.75, 3.05) is 51.8 Å². The van der Waals surface area contributed by atoms with E-state index in [1.54, 1.807) is 31.3 Å². The van der Waals surface area contributed by atoms with Crippen molar-refractivity contribution in [1.82, 2.24) is 24.4 Å². The lowest BCUT2D eigenvalue weighted by Gasteiger charge is -2.28. The molecule has 0 spiro atoms. The zero-order chi connectivity index (χ0) is 27.6. The molecule has 1 aromatic heterocycles. The lowest BCUT2D eigenvalue weighted by Crippen LogP contribution is -2.41. The summed E-state index contributed by atoms with van der Waals surface area (Å²) < 4.78 is 32.8. The minimum atomic E-state index is -3.60. The number of hydrogen-bond donors (Lipinski definition) is 1. The summed E-state index contributed by atoms with van der Waals surface area (Å²) in [5, 5.41) is 12.4. The second-order valence-electron chi connectivity index (χ2n) is 9.71. The van der Waals surface area contributed by atoms with Gasteiger partial charge in [-0.3, -0.25) is 4.90 Å². The third-order valence-electron chi connectivity index (χ3n) is 6.84. The minimum Gasteiger partial charge on any atom is -0.379 e. The highest BCUT2D eigenvalue weighted by Gasteiger charge is 2.22. The summed E-state index contributed by atoms with van der Waals surface area (Å²) in [6, 6.07) is 16.5. The van der Waals surface area contributed by atoms with E-state index in [-0.39, 0.29) is 4.90 Å². The van der Waals surface area contributed by atoms with Crippen molar-refractivity contribution in [3.8, 4) is 11.1 Å². The molecular formula is C28H31ClN6O3S. The molecule has 0 amide bonds. The number of aromatic nitrogens is 3. The van der Waals surface area contributed by atoms with Crippen molar-refractivity contribution < 1.29 is 13.2 Å². The van der Waals surface area contributed by atoms with Gasteiger partial charge < -0.3 is 10.1 Å². The molecule has 1 aliphatic rings. The largest absolute Gasteiger partial charge is 0.379 e. The molecule has 1 fully saturated rings. The number of ether oxygens (including phenoxy) is 1. The topological polar surface area (TPSA) is 101 Å². The molecule has 1 N–H and O–H groups in total. The van der Waals surface area contributed by atoms with Crippen LogP contribution in [0.2, 0.25) is 5.02 Å². The van der Waals surface area contributed by atoms with Crippen molar-refractivity contribution in [1.29, 1.82) is 0 Å². The summed E-state index contributed by atoms with van der Waals surface area (Å²) >= 11 is 6.45. The molecule has 1 aliphatic heterocycles. The molecule has 39 heavy (non-hydrogen) atoms. The number of hydrogen-bond acceptors (Lipinski definition) is 8. The van der Waals surface area contributed by atoms with Crippen molar-refractivity contribution >= 4 is 44.3 Å². The number of halogens is 1.